The Kier molecular flexibility index (Phi) is 7.04. The van der Waals surface area contributed by atoms with Gasteiger partial charge in [-0.2, -0.15) is 0 Å². The first-order chi connectivity index (χ1) is 14.0. The van der Waals surface area contributed by atoms with Crippen molar-refractivity contribution in [2.24, 2.45) is 0 Å². The monoisotopic (exact) mass is 430 g/mol. The molecule has 150 valence electrons. The van der Waals surface area contributed by atoms with E-state index in [0.717, 1.165) is 0 Å². The summed E-state index contributed by atoms with van der Waals surface area (Å²) in [6, 6.07) is 8.81. The zero-order valence-corrected chi connectivity index (χ0v) is 17.1. The normalized spacial score (nSPS) is 10.4. The summed E-state index contributed by atoms with van der Waals surface area (Å²) in [5.41, 5.74) is 1.62. The fourth-order valence-corrected chi connectivity index (χ4v) is 3.77. The molecule has 3 aromatic rings. The summed E-state index contributed by atoms with van der Waals surface area (Å²) in [6.07, 6.45) is 0.112. The number of hydrogen-bond acceptors (Lipinski definition) is 8. The van der Waals surface area contributed by atoms with Crippen molar-refractivity contribution in [3.05, 3.63) is 58.0 Å². The number of benzene rings is 1. The minimum atomic E-state index is -0.358. The lowest BCUT2D eigenvalue weighted by Crippen LogP contribution is -2.15. The first-order valence-corrected chi connectivity index (χ1v) is 10.5. The van der Waals surface area contributed by atoms with Crippen molar-refractivity contribution in [3.63, 3.8) is 0 Å². The summed E-state index contributed by atoms with van der Waals surface area (Å²) >= 11 is 2.48. The zero-order valence-electron chi connectivity index (χ0n) is 15.5. The number of ether oxygens (including phenoxy) is 1. The van der Waals surface area contributed by atoms with Gasteiger partial charge in [0.15, 0.2) is 10.3 Å². The first-order valence-electron chi connectivity index (χ1n) is 8.74. The van der Waals surface area contributed by atoms with Crippen LogP contribution in [0.2, 0.25) is 0 Å². The van der Waals surface area contributed by atoms with Gasteiger partial charge in [0.05, 0.1) is 30.8 Å². The Morgan fingerprint density at radius 2 is 1.55 bits per heavy atom. The van der Waals surface area contributed by atoms with E-state index in [9.17, 15) is 14.4 Å². The molecule has 2 heterocycles. The molecule has 0 aliphatic rings. The third-order valence-corrected chi connectivity index (χ3v) is 5.19. The van der Waals surface area contributed by atoms with Gasteiger partial charge in [0.25, 0.3) is 5.91 Å². The lowest BCUT2D eigenvalue weighted by atomic mass is 10.2. The number of thiazole rings is 2. The van der Waals surface area contributed by atoms with Crippen molar-refractivity contribution < 1.29 is 19.1 Å². The fourth-order valence-electron chi connectivity index (χ4n) is 2.34. The molecule has 2 aromatic heterocycles. The number of anilines is 2. The van der Waals surface area contributed by atoms with Crippen molar-refractivity contribution in [1.82, 2.24) is 9.97 Å². The van der Waals surface area contributed by atoms with Crippen LogP contribution >= 0.6 is 22.7 Å². The summed E-state index contributed by atoms with van der Waals surface area (Å²) in [5, 5.41) is 9.65. The van der Waals surface area contributed by atoms with Gasteiger partial charge in [0.2, 0.25) is 5.91 Å². The SMILES string of the molecule is CCOC(=O)Cc1csc(NC(=O)Cc2csc(NC(=O)c3ccccc3)n2)n1. The van der Waals surface area contributed by atoms with E-state index >= 15 is 0 Å². The van der Waals surface area contributed by atoms with Crippen LogP contribution in [0.1, 0.15) is 28.7 Å². The van der Waals surface area contributed by atoms with Crippen molar-refractivity contribution in [1.29, 1.82) is 0 Å². The molecule has 0 bridgehead atoms. The van der Waals surface area contributed by atoms with Crippen LogP contribution in [0.4, 0.5) is 10.3 Å². The maximum absolute atomic E-state index is 12.2. The number of esters is 1. The number of carbonyl (C=O) groups excluding carboxylic acids is 3. The molecule has 0 aliphatic heterocycles. The van der Waals surface area contributed by atoms with E-state index in [1.807, 2.05) is 6.07 Å². The van der Waals surface area contributed by atoms with E-state index in [1.165, 1.54) is 22.7 Å². The van der Waals surface area contributed by atoms with Gasteiger partial charge in [0.1, 0.15) is 0 Å². The zero-order chi connectivity index (χ0) is 20.6. The Labute approximate surface area is 175 Å². The van der Waals surface area contributed by atoms with Gasteiger partial charge in [-0.05, 0) is 19.1 Å². The summed E-state index contributed by atoms with van der Waals surface area (Å²) in [6.45, 7) is 2.05. The molecular weight excluding hydrogens is 412 g/mol. The lowest BCUT2D eigenvalue weighted by molar-refractivity contribution is -0.142. The molecule has 0 fully saturated rings. The summed E-state index contributed by atoms with van der Waals surface area (Å²) < 4.78 is 4.87. The second-order valence-electron chi connectivity index (χ2n) is 5.81. The molecule has 0 radical (unpaired) electrons. The number of carbonyl (C=O) groups is 3. The summed E-state index contributed by atoms with van der Waals surface area (Å²) in [5.74, 6) is -0.899. The highest BCUT2D eigenvalue weighted by molar-refractivity contribution is 7.14. The van der Waals surface area contributed by atoms with Gasteiger partial charge in [-0.15, -0.1) is 22.7 Å². The minimum Gasteiger partial charge on any atom is -0.466 e. The number of nitrogens with one attached hydrogen (secondary N) is 2. The average molecular weight is 431 g/mol. The van der Waals surface area contributed by atoms with Crippen LogP contribution in [-0.2, 0) is 27.2 Å². The molecule has 8 nitrogen and oxygen atoms in total. The van der Waals surface area contributed by atoms with E-state index in [-0.39, 0.29) is 30.6 Å². The topological polar surface area (TPSA) is 110 Å². The maximum Gasteiger partial charge on any atom is 0.311 e. The van der Waals surface area contributed by atoms with E-state index in [0.29, 0.717) is 33.8 Å². The van der Waals surface area contributed by atoms with Gasteiger partial charge >= 0.3 is 5.97 Å². The van der Waals surface area contributed by atoms with E-state index in [2.05, 4.69) is 20.6 Å². The van der Waals surface area contributed by atoms with Gasteiger partial charge in [-0.1, -0.05) is 18.2 Å². The van der Waals surface area contributed by atoms with Crippen molar-refractivity contribution >= 4 is 50.7 Å². The molecule has 1 aromatic carbocycles. The molecule has 0 saturated carbocycles. The van der Waals surface area contributed by atoms with Crippen molar-refractivity contribution in [2.45, 2.75) is 19.8 Å². The highest BCUT2D eigenvalue weighted by Gasteiger charge is 2.13. The van der Waals surface area contributed by atoms with E-state index in [1.54, 1.807) is 41.9 Å². The van der Waals surface area contributed by atoms with E-state index < -0.39 is 0 Å². The van der Waals surface area contributed by atoms with Crippen molar-refractivity contribution in [2.75, 3.05) is 17.2 Å². The molecule has 10 heteroatoms. The third-order valence-electron chi connectivity index (χ3n) is 3.58. The van der Waals surface area contributed by atoms with Crippen LogP contribution in [0.25, 0.3) is 0 Å². The molecule has 0 aliphatic carbocycles. The Hall–Kier alpha value is -3.11. The number of amides is 2. The van der Waals surface area contributed by atoms with Crippen LogP contribution in [0, 0.1) is 0 Å². The third kappa shape index (κ3) is 6.19. The molecule has 0 saturated heterocycles. The maximum atomic E-state index is 12.2. The summed E-state index contributed by atoms with van der Waals surface area (Å²) in [4.78, 5) is 44.3. The Bertz CT molecular complexity index is 1000. The van der Waals surface area contributed by atoms with E-state index in [4.69, 9.17) is 4.74 Å². The average Bonchev–Trinajstić information content (AvgIpc) is 3.32. The Morgan fingerprint density at radius 3 is 2.21 bits per heavy atom. The predicted octanol–water partition coefficient (Wildman–Crippen LogP) is 3.14. The fraction of sp³-hybridized carbons (Fsp3) is 0.211. The number of rotatable bonds is 8. The Balaban J connectivity index is 1.51. The summed E-state index contributed by atoms with van der Waals surface area (Å²) in [7, 11) is 0. The van der Waals surface area contributed by atoms with Crippen LogP contribution in [0.3, 0.4) is 0 Å². The quantitative estimate of drug-likeness (QED) is 0.531. The highest BCUT2D eigenvalue weighted by atomic mass is 32.1. The molecule has 29 heavy (non-hydrogen) atoms. The molecule has 0 spiro atoms. The van der Waals surface area contributed by atoms with Gasteiger partial charge in [-0.25, -0.2) is 9.97 Å². The van der Waals surface area contributed by atoms with Crippen LogP contribution in [0.5, 0.6) is 0 Å². The predicted molar refractivity (Wildman–Crippen MR) is 111 cm³/mol. The van der Waals surface area contributed by atoms with Crippen molar-refractivity contribution in [3.8, 4) is 0 Å². The minimum absolute atomic E-state index is 0.0461. The number of aromatic nitrogens is 2. The van der Waals surface area contributed by atoms with Crippen LogP contribution < -0.4 is 10.6 Å². The van der Waals surface area contributed by atoms with Crippen LogP contribution in [-0.4, -0.2) is 34.4 Å². The van der Waals surface area contributed by atoms with Crippen LogP contribution in [0.15, 0.2) is 41.1 Å². The first kappa shape index (κ1) is 20.6. The second kappa shape index (κ2) is 9.89. The standard InChI is InChI=1S/C19H18N4O4S2/c1-2-27-16(25)9-14-11-28-18(21-14)22-15(24)8-13-10-29-19(20-13)23-17(26)12-6-4-3-5-7-12/h3-7,10-11H,2,8-9H2,1H3,(H,20,23,26)(H,21,22,24). The molecule has 2 amide bonds. The van der Waals surface area contributed by atoms with Gasteiger partial charge < -0.3 is 10.1 Å². The van der Waals surface area contributed by atoms with Gasteiger partial charge in [0, 0.05) is 16.3 Å². The lowest BCUT2D eigenvalue weighted by Gasteiger charge is -2.01. The molecule has 0 atom stereocenters. The number of nitrogens with zero attached hydrogens (tertiary/aromatic N) is 2. The number of hydrogen-bond donors (Lipinski definition) is 2. The molecule has 2 N–H and O–H groups in total. The largest absolute Gasteiger partial charge is 0.466 e. The second-order valence-corrected chi connectivity index (χ2v) is 7.53. The van der Waals surface area contributed by atoms with Gasteiger partial charge in [-0.3, -0.25) is 19.7 Å². The smallest absolute Gasteiger partial charge is 0.311 e. The molecule has 0 unspecified atom stereocenters. The highest BCUT2D eigenvalue weighted by Crippen LogP contribution is 2.19. The molecular formula is C19H18N4O4S2. The molecule has 3 rings (SSSR count). The Morgan fingerprint density at radius 1 is 0.931 bits per heavy atom.